The molecule has 0 unspecified atom stereocenters. The summed E-state index contributed by atoms with van der Waals surface area (Å²) in [5, 5.41) is 12.6. The molecule has 1 amide bonds. The van der Waals surface area contributed by atoms with Crippen LogP contribution in [0, 0.1) is 0 Å². The number of amides is 1. The molecule has 1 aromatic carbocycles. The molecule has 0 radical (unpaired) electrons. The van der Waals surface area contributed by atoms with Gasteiger partial charge in [0.2, 0.25) is 5.82 Å². The Morgan fingerprint density at radius 1 is 1.15 bits per heavy atom. The fraction of sp³-hybridized carbons (Fsp3) is 0.0588. The highest BCUT2D eigenvalue weighted by Gasteiger charge is 2.18. The van der Waals surface area contributed by atoms with Crippen LogP contribution < -0.4 is 11.1 Å². The maximum absolute atomic E-state index is 12.5. The van der Waals surface area contributed by atoms with Crippen molar-refractivity contribution in [2.24, 2.45) is 0 Å². The number of nitrogen functional groups attached to an aromatic ring is 1. The molecular formula is C17H13ClN8O. The number of benzene rings is 1. The SMILES string of the molecule is Nc1nc(-n2nccn2)c(Cl)nc1C(=O)NCc1cccc2cnccc12. The first-order chi connectivity index (χ1) is 13.1. The molecule has 4 aromatic rings. The highest BCUT2D eigenvalue weighted by molar-refractivity contribution is 6.31. The van der Waals surface area contributed by atoms with Gasteiger partial charge in [-0.15, -0.1) is 4.80 Å². The van der Waals surface area contributed by atoms with E-state index in [0.717, 1.165) is 16.3 Å². The second-order valence-electron chi connectivity index (χ2n) is 5.59. The van der Waals surface area contributed by atoms with E-state index in [1.807, 2.05) is 24.3 Å². The minimum absolute atomic E-state index is 0.0261. The van der Waals surface area contributed by atoms with Crippen LogP contribution in [0.5, 0.6) is 0 Å². The van der Waals surface area contributed by atoms with Crippen molar-refractivity contribution >= 4 is 34.1 Å². The molecule has 0 aliphatic rings. The molecule has 3 N–H and O–H groups in total. The fourth-order valence-electron chi connectivity index (χ4n) is 2.64. The first kappa shape index (κ1) is 16.9. The summed E-state index contributed by atoms with van der Waals surface area (Å²) in [6.07, 6.45) is 6.41. The molecule has 0 fully saturated rings. The predicted molar refractivity (Wildman–Crippen MR) is 99.3 cm³/mol. The molecule has 134 valence electrons. The van der Waals surface area contributed by atoms with E-state index < -0.39 is 5.91 Å². The van der Waals surface area contributed by atoms with Gasteiger partial charge in [-0.05, 0) is 17.0 Å². The first-order valence-electron chi connectivity index (χ1n) is 7.93. The van der Waals surface area contributed by atoms with E-state index in [4.69, 9.17) is 17.3 Å². The molecule has 0 bridgehead atoms. The lowest BCUT2D eigenvalue weighted by Crippen LogP contribution is -2.26. The summed E-state index contributed by atoms with van der Waals surface area (Å²) in [7, 11) is 0. The van der Waals surface area contributed by atoms with Gasteiger partial charge in [-0.2, -0.15) is 10.2 Å². The Labute approximate surface area is 158 Å². The van der Waals surface area contributed by atoms with Crippen LogP contribution in [0.4, 0.5) is 5.82 Å². The van der Waals surface area contributed by atoms with Gasteiger partial charge >= 0.3 is 0 Å². The number of halogens is 1. The average molecular weight is 381 g/mol. The zero-order valence-corrected chi connectivity index (χ0v) is 14.6. The average Bonchev–Trinajstić information content (AvgIpc) is 3.22. The van der Waals surface area contributed by atoms with Crippen LogP contribution in [0.25, 0.3) is 16.6 Å². The highest BCUT2D eigenvalue weighted by atomic mass is 35.5. The molecule has 3 heterocycles. The molecule has 10 heteroatoms. The highest BCUT2D eigenvalue weighted by Crippen LogP contribution is 2.20. The molecule has 0 spiro atoms. The Bertz CT molecular complexity index is 1120. The summed E-state index contributed by atoms with van der Waals surface area (Å²) in [6, 6.07) is 7.69. The van der Waals surface area contributed by atoms with E-state index in [9.17, 15) is 4.79 Å². The number of rotatable bonds is 4. The zero-order valence-electron chi connectivity index (χ0n) is 13.9. The summed E-state index contributed by atoms with van der Waals surface area (Å²) in [5.41, 5.74) is 6.77. The van der Waals surface area contributed by atoms with Crippen molar-refractivity contribution in [3.05, 3.63) is 65.5 Å². The van der Waals surface area contributed by atoms with Crippen LogP contribution in [0.15, 0.2) is 49.1 Å². The van der Waals surface area contributed by atoms with Gasteiger partial charge in [0, 0.05) is 24.3 Å². The van der Waals surface area contributed by atoms with Crippen molar-refractivity contribution in [1.82, 2.24) is 35.3 Å². The maximum atomic E-state index is 12.5. The fourth-order valence-corrected chi connectivity index (χ4v) is 2.84. The minimum atomic E-state index is -0.479. The molecule has 27 heavy (non-hydrogen) atoms. The molecule has 0 aliphatic heterocycles. The van der Waals surface area contributed by atoms with Crippen LogP contribution in [0.3, 0.4) is 0 Å². The third-order valence-electron chi connectivity index (χ3n) is 3.90. The number of nitrogens with one attached hydrogen (secondary N) is 1. The van der Waals surface area contributed by atoms with Gasteiger partial charge in [0.15, 0.2) is 16.7 Å². The van der Waals surface area contributed by atoms with Gasteiger partial charge in [-0.1, -0.05) is 29.8 Å². The van der Waals surface area contributed by atoms with Gasteiger partial charge in [-0.3, -0.25) is 9.78 Å². The van der Waals surface area contributed by atoms with Crippen molar-refractivity contribution in [3.8, 4) is 5.82 Å². The molecule has 0 saturated carbocycles. The second-order valence-corrected chi connectivity index (χ2v) is 5.95. The van der Waals surface area contributed by atoms with E-state index in [-0.39, 0.29) is 22.5 Å². The number of hydrogen-bond donors (Lipinski definition) is 2. The van der Waals surface area contributed by atoms with Crippen LogP contribution in [0.2, 0.25) is 5.15 Å². The van der Waals surface area contributed by atoms with Crippen LogP contribution in [-0.2, 0) is 6.54 Å². The molecule has 9 nitrogen and oxygen atoms in total. The van der Waals surface area contributed by atoms with E-state index in [1.54, 1.807) is 12.4 Å². The van der Waals surface area contributed by atoms with E-state index in [1.165, 1.54) is 17.2 Å². The monoisotopic (exact) mass is 380 g/mol. The van der Waals surface area contributed by atoms with Gasteiger partial charge in [-0.25, -0.2) is 9.97 Å². The summed E-state index contributed by atoms with van der Waals surface area (Å²) in [5.74, 6) is -0.392. The lowest BCUT2D eigenvalue weighted by atomic mass is 10.1. The number of carbonyl (C=O) groups excluding carboxylic acids is 1. The zero-order chi connectivity index (χ0) is 18.8. The number of pyridine rings is 1. The van der Waals surface area contributed by atoms with Crippen LogP contribution in [-0.4, -0.2) is 35.9 Å². The smallest absolute Gasteiger partial charge is 0.274 e. The second kappa shape index (κ2) is 6.96. The number of nitrogens with zero attached hydrogens (tertiary/aromatic N) is 6. The van der Waals surface area contributed by atoms with Gasteiger partial charge < -0.3 is 11.1 Å². The van der Waals surface area contributed by atoms with Crippen LogP contribution in [0.1, 0.15) is 16.1 Å². The Morgan fingerprint density at radius 3 is 2.78 bits per heavy atom. The summed E-state index contributed by atoms with van der Waals surface area (Å²) < 4.78 is 0. The van der Waals surface area contributed by atoms with Crippen molar-refractivity contribution < 1.29 is 4.79 Å². The summed E-state index contributed by atoms with van der Waals surface area (Å²) >= 11 is 6.12. The lowest BCUT2D eigenvalue weighted by molar-refractivity contribution is 0.0946. The Morgan fingerprint density at radius 2 is 1.96 bits per heavy atom. The maximum Gasteiger partial charge on any atom is 0.274 e. The van der Waals surface area contributed by atoms with Crippen molar-refractivity contribution in [2.75, 3.05) is 5.73 Å². The number of nitrogens with two attached hydrogens (primary N) is 1. The Hall–Kier alpha value is -3.59. The third kappa shape index (κ3) is 3.27. The molecule has 0 aliphatic carbocycles. The molecule has 0 saturated heterocycles. The standard InChI is InChI=1S/C17H13ClN8O/c18-14-16(26-22-6-7-23-26)25-15(19)13(24-14)17(27)21-9-11-3-1-2-10-8-20-5-4-12(10)11/h1-8H,9H2,(H2,19,25)(H,21,27). The third-order valence-corrected chi connectivity index (χ3v) is 4.15. The molecule has 4 rings (SSSR count). The number of anilines is 1. The van der Waals surface area contributed by atoms with Gasteiger partial charge in [0.25, 0.3) is 5.91 Å². The Kier molecular flexibility index (Phi) is 4.35. The van der Waals surface area contributed by atoms with Crippen LogP contribution >= 0.6 is 11.6 Å². The topological polar surface area (TPSA) is 125 Å². The molecule has 0 atom stereocenters. The molecule has 3 aromatic heterocycles. The normalized spacial score (nSPS) is 10.9. The van der Waals surface area contributed by atoms with E-state index in [0.29, 0.717) is 6.54 Å². The van der Waals surface area contributed by atoms with E-state index >= 15 is 0 Å². The van der Waals surface area contributed by atoms with Crippen molar-refractivity contribution in [1.29, 1.82) is 0 Å². The number of fused-ring (bicyclic) bond motifs is 1. The number of hydrogen-bond acceptors (Lipinski definition) is 7. The van der Waals surface area contributed by atoms with Gasteiger partial charge in [0.1, 0.15) is 0 Å². The number of carbonyl (C=O) groups is 1. The van der Waals surface area contributed by atoms with Crippen molar-refractivity contribution in [3.63, 3.8) is 0 Å². The largest absolute Gasteiger partial charge is 0.382 e. The van der Waals surface area contributed by atoms with Crippen molar-refractivity contribution in [2.45, 2.75) is 6.54 Å². The quantitative estimate of drug-likeness (QED) is 0.552. The Balaban J connectivity index is 1.57. The molecular weight excluding hydrogens is 368 g/mol. The summed E-state index contributed by atoms with van der Waals surface area (Å²) in [4.78, 5) is 26.0. The minimum Gasteiger partial charge on any atom is -0.382 e. The summed E-state index contributed by atoms with van der Waals surface area (Å²) in [6.45, 7) is 0.293. The number of aromatic nitrogens is 6. The lowest BCUT2D eigenvalue weighted by Gasteiger charge is -2.10. The van der Waals surface area contributed by atoms with Gasteiger partial charge in [0.05, 0.1) is 12.4 Å². The predicted octanol–water partition coefficient (Wildman–Crippen LogP) is 1.77. The van der Waals surface area contributed by atoms with E-state index in [2.05, 4.69) is 30.5 Å². The first-order valence-corrected chi connectivity index (χ1v) is 8.31.